The van der Waals surface area contributed by atoms with Crippen LogP contribution in [0, 0.1) is 5.92 Å². The van der Waals surface area contributed by atoms with Gasteiger partial charge in [0.25, 0.3) is 0 Å². The number of benzene rings is 1. The first-order valence-electron chi connectivity index (χ1n) is 10.6. The van der Waals surface area contributed by atoms with Crippen LogP contribution in [0.15, 0.2) is 12.1 Å². The van der Waals surface area contributed by atoms with Crippen LogP contribution >= 0.6 is 0 Å². The molecule has 2 heterocycles. The Morgan fingerprint density at radius 3 is 2.89 bits per heavy atom. The first-order chi connectivity index (χ1) is 13.4. The van der Waals surface area contributed by atoms with Crippen LogP contribution in [0.3, 0.4) is 0 Å². The van der Waals surface area contributed by atoms with E-state index in [9.17, 15) is 15.0 Å². The summed E-state index contributed by atoms with van der Waals surface area (Å²) in [6.45, 7) is 3.35. The maximum absolute atomic E-state index is 12.2. The number of aliphatic hydroxyl groups excluding tert-OH is 1. The standard InChI is InChI=1S/C22H27NO5/c1-12(24)27-16-5-4-14-10-17-22(26)7-6-15(25)20-21(22,18(14)19(16)28-20)8-9-23(17)11-13-2-3-13/h4-5,13,15,17,20,25-26H,2-3,6-11H2,1H3/t15-,17?,20-,21?,22?/m0/s1. The van der Waals surface area contributed by atoms with Crippen LogP contribution in [0.5, 0.6) is 11.5 Å². The fourth-order valence-corrected chi connectivity index (χ4v) is 6.68. The van der Waals surface area contributed by atoms with Crippen LogP contribution < -0.4 is 9.47 Å². The lowest BCUT2D eigenvalue weighted by molar-refractivity contribution is -0.208. The molecule has 1 spiro atoms. The largest absolute Gasteiger partial charge is 0.482 e. The van der Waals surface area contributed by atoms with Crippen molar-refractivity contribution >= 4 is 5.97 Å². The van der Waals surface area contributed by atoms with E-state index in [1.807, 2.05) is 6.07 Å². The summed E-state index contributed by atoms with van der Waals surface area (Å²) in [6, 6.07) is 3.89. The molecule has 0 aromatic heterocycles. The number of rotatable bonds is 3. The van der Waals surface area contributed by atoms with E-state index in [0.717, 1.165) is 43.0 Å². The highest BCUT2D eigenvalue weighted by Crippen LogP contribution is 2.65. The van der Waals surface area contributed by atoms with Crippen LogP contribution in [0.1, 0.15) is 50.2 Å². The zero-order valence-corrected chi connectivity index (χ0v) is 16.2. The molecule has 6 heteroatoms. The fourth-order valence-electron chi connectivity index (χ4n) is 6.68. The van der Waals surface area contributed by atoms with Gasteiger partial charge in [-0.25, -0.2) is 0 Å². The Labute approximate surface area is 164 Å². The number of aliphatic hydroxyl groups is 2. The molecule has 2 bridgehead atoms. The van der Waals surface area contributed by atoms with E-state index in [1.54, 1.807) is 6.07 Å². The molecule has 0 amide bonds. The van der Waals surface area contributed by atoms with Gasteiger partial charge in [0, 0.05) is 25.1 Å². The lowest BCUT2D eigenvalue weighted by Crippen LogP contribution is -2.77. The van der Waals surface area contributed by atoms with E-state index in [0.29, 0.717) is 24.3 Å². The van der Waals surface area contributed by atoms with Crippen LogP contribution in [0.25, 0.3) is 0 Å². The van der Waals surface area contributed by atoms with E-state index in [-0.39, 0.29) is 6.04 Å². The quantitative estimate of drug-likeness (QED) is 0.607. The van der Waals surface area contributed by atoms with Crippen molar-refractivity contribution in [1.29, 1.82) is 0 Å². The maximum Gasteiger partial charge on any atom is 0.308 e. The first kappa shape index (κ1) is 17.2. The van der Waals surface area contributed by atoms with E-state index in [1.165, 1.54) is 19.8 Å². The topological polar surface area (TPSA) is 79.2 Å². The van der Waals surface area contributed by atoms with Crippen molar-refractivity contribution in [2.75, 3.05) is 13.1 Å². The fraction of sp³-hybridized carbons (Fsp3) is 0.682. The van der Waals surface area contributed by atoms with Crippen LogP contribution in [0.2, 0.25) is 0 Å². The highest BCUT2D eigenvalue weighted by atomic mass is 16.6. The molecule has 2 saturated carbocycles. The summed E-state index contributed by atoms with van der Waals surface area (Å²) in [5.74, 6) is 1.34. The highest BCUT2D eigenvalue weighted by Gasteiger charge is 2.73. The lowest BCUT2D eigenvalue weighted by Gasteiger charge is -2.63. The Bertz CT molecular complexity index is 867. The number of hydrogen-bond acceptors (Lipinski definition) is 6. The second kappa shape index (κ2) is 5.49. The number of likely N-dealkylation sites (tertiary alicyclic amines) is 1. The molecule has 0 radical (unpaired) electrons. The van der Waals surface area contributed by atoms with Crippen molar-refractivity contribution < 1.29 is 24.5 Å². The summed E-state index contributed by atoms with van der Waals surface area (Å²) in [5.41, 5.74) is 0.614. The van der Waals surface area contributed by atoms with Gasteiger partial charge in [-0.15, -0.1) is 0 Å². The highest BCUT2D eigenvalue weighted by molar-refractivity contribution is 5.72. The molecular weight excluding hydrogens is 358 g/mol. The second-order valence-corrected chi connectivity index (χ2v) is 9.47. The van der Waals surface area contributed by atoms with Gasteiger partial charge in [0.15, 0.2) is 11.5 Å². The van der Waals surface area contributed by atoms with Crippen molar-refractivity contribution in [3.05, 3.63) is 23.3 Å². The molecule has 2 aliphatic heterocycles. The Morgan fingerprint density at radius 1 is 1.32 bits per heavy atom. The van der Waals surface area contributed by atoms with Gasteiger partial charge in [0.05, 0.1) is 17.1 Å². The predicted molar refractivity (Wildman–Crippen MR) is 100 cm³/mol. The van der Waals surface area contributed by atoms with Crippen molar-refractivity contribution in [2.24, 2.45) is 5.92 Å². The third kappa shape index (κ3) is 2.01. The number of piperidine rings is 1. The first-order valence-corrected chi connectivity index (χ1v) is 10.6. The Kier molecular flexibility index (Phi) is 3.38. The number of esters is 1. The summed E-state index contributed by atoms with van der Waals surface area (Å²) in [4.78, 5) is 14.1. The molecule has 1 aromatic rings. The molecule has 1 aromatic carbocycles. The zero-order chi connectivity index (χ0) is 19.3. The lowest BCUT2D eigenvalue weighted by atomic mass is 9.48. The molecule has 2 N–H and O–H groups in total. The number of ether oxygens (including phenoxy) is 2. The van der Waals surface area contributed by atoms with E-state index >= 15 is 0 Å². The predicted octanol–water partition coefficient (Wildman–Crippen LogP) is 1.54. The van der Waals surface area contributed by atoms with Crippen LogP contribution in [-0.4, -0.2) is 58.0 Å². The normalized spacial score (nSPS) is 40.6. The molecule has 6 rings (SSSR count). The van der Waals surface area contributed by atoms with Gasteiger partial charge in [-0.2, -0.15) is 0 Å². The number of hydrogen-bond donors (Lipinski definition) is 2. The molecule has 6 nitrogen and oxygen atoms in total. The summed E-state index contributed by atoms with van der Waals surface area (Å²) in [5, 5.41) is 23.0. The summed E-state index contributed by atoms with van der Waals surface area (Å²) in [7, 11) is 0. The van der Waals surface area contributed by atoms with Gasteiger partial charge in [0.1, 0.15) is 6.10 Å². The number of nitrogens with zero attached hydrogens (tertiary/aromatic N) is 1. The summed E-state index contributed by atoms with van der Waals surface area (Å²) < 4.78 is 11.7. The van der Waals surface area contributed by atoms with Gasteiger partial charge < -0.3 is 19.7 Å². The molecule has 3 aliphatic carbocycles. The number of carbonyl (C=O) groups excluding carboxylic acids is 1. The van der Waals surface area contributed by atoms with Crippen LogP contribution in [0.4, 0.5) is 0 Å². The molecule has 5 atom stereocenters. The second-order valence-electron chi connectivity index (χ2n) is 9.47. The Morgan fingerprint density at radius 2 is 2.14 bits per heavy atom. The van der Waals surface area contributed by atoms with E-state index in [4.69, 9.17) is 9.47 Å². The minimum atomic E-state index is -0.920. The Balaban J connectivity index is 1.53. The third-order valence-electron chi connectivity index (χ3n) is 7.97. The molecule has 150 valence electrons. The average Bonchev–Trinajstić information content (AvgIpc) is 3.38. The Hall–Kier alpha value is -1.63. The number of carbonyl (C=O) groups is 1. The monoisotopic (exact) mass is 385 g/mol. The van der Waals surface area contributed by atoms with Crippen molar-refractivity contribution in [3.8, 4) is 11.5 Å². The SMILES string of the molecule is CC(=O)Oc1ccc2c3c1O[C@H]1[C@@H](O)CCC4(O)C(C2)N(CC2CC2)CCC314. The van der Waals surface area contributed by atoms with Crippen molar-refractivity contribution in [2.45, 2.75) is 74.7 Å². The van der Waals surface area contributed by atoms with Crippen molar-refractivity contribution in [1.82, 2.24) is 4.90 Å². The van der Waals surface area contributed by atoms with Crippen molar-refractivity contribution in [3.63, 3.8) is 0 Å². The molecule has 28 heavy (non-hydrogen) atoms. The van der Waals surface area contributed by atoms with Gasteiger partial charge in [-0.3, -0.25) is 9.69 Å². The van der Waals surface area contributed by atoms with Gasteiger partial charge >= 0.3 is 5.97 Å². The molecular formula is C22H27NO5. The minimum absolute atomic E-state index is 0.0541. The molecule has 3 fully saturated rings. The molecule has 5 aliphatic rings. The van der Waals surface area contributed by atoms with E-state index in [2.05, 4.69) is 4.90 Å². The third-order valence-corrected chi connectivity index (χ3v) is 7.97. The van der Waals surface area contributed by atoms with E-state index < -0.39 is 29.2 Å². The minimum Gasteiger partial charge on any atom is -0.482 e. The van der Waals surface area contributed by atoms with Gasteiger partial charge in [-0.1, -0.05) is 6.07 Å². The van der Waals surface area contributed by atoms with Gasteiger partial charge in [-0.05, 0) is 62.6 Å². The average molecular weight is 385 g/mol. The summed E-state index contributed by atoms with van der Waals surface area (Å²) >= 11 is 0. The maximum atomic E-state index is 12.2. The summed E-state index contributed by atoms with van der Waals surface area (Å²) in [6.07, 6.45) is 4.13. The smallest absolute Gasteiger partial charge is 0.308 e. The van der Waals surface area contributed by atoms with Crippen LogP contribution in [-0.2, 0) is 16.6 Å². The molecule has 1 saturated heterocycles. The zero-order valence-electron chi connectivity index (χ0n) is 16.2. The molecule has 3 unspecified atom stereocenters. The van der Waals surface area contributed by atoms with Gasteiger partial charge in [0.2, 0.25) is 0 Å².